The summed E-state index contributed by atoms with van der Waals surface area (Å²) in [5.74, 6) is 0.993. The van der Waals surface area contributed by atoms with E-state index >= 15 is 0 Å². The Morgan fingerprint density at radius 3 is 1.89 bits per heavy atom. The second-order valence-electron chi connectivity index (χ2n) is 3.11. The molecule has 3 unspecified atom stereocenters. The zero-order valence-electron chi connectivity index (χ0n) is 10.6. The Morgan fingerprint density at radius 1 is 1.11 bits per heavy atom. The van der Waals surface area contributed by atoms with Gasteiger partial charge in [0.25, 0.3) is 0 Å². The van der Waals surface area contributed by atoms with Crippen molar-refractivity contribution in [1.29, 1.82) is 0 Å². The Bertz CT molecular complexity index is 313. The van der Waals surface area contributed by atoms with Crippen LogP contribution < -0.4 is 4.74 Å². The molecule has 0 N–H and O–H groups in total. The van der Waals surface area contributed by atoms with Gasteiger partial charge in [0.15, 0.2) is 0 Å². The van der Waals surface area contributed by atoms with Gasteiger partial charge >= 0.3 is 0 Å². The summed E-state index contributed by atoms with van der Waals surface area (Å²) in [6.07, 6.45) is 0.984. The minimum absolute atomic E-state index is 0. The SMILES string of the molecule is COc1cc(CP)cc(C)c1C.PPP.[Ar].[Ar].[Ar]. The third-order valence-corrected chi connectivity index (χ3v) is 2.61. The molecule has 8 heteroatoms. The van der Waals surface area contributed by atoms with E-state index in [-0.39, 0.29) is 113 Å². The van der Waals surface area contributed by atoms with Crippen molar-refractivity contribution in [2.75, 3.05) is 7.11 Å². The average molecular weight is 400 g/mol. The molecule has 0 radical (unpaired) electrons. The van der Waals surface area contributed by atoms with E-state index in [1.165, 1.54) is 16.7 Å². The maximum absolute atomic E-state index is 5.26. The minimum Gasteiger partial charge on any atom is -0.496 e. The predicted molar refractivity (Wildman–Crippen MR) is 83.6 cm³/mol. The standard InChI is InChI=1S/C10H15OP.3Ar.H5P3/c1-7-4-9(6-12)5-10(11-3)8(7)2;;;;1-3-2/h4-5H,6,12H2,1-3H3;;;;3H,1-2H2. The van der Waals surface area contributed by atoms with Crippen molar-refractivity contribution < 1.29 is 118 Å². The molecule has 3 atom stereocenters. The molecule has 1 rings (SSSR count). The summed E-state index contributed by atoms with van der Waals surface area (Å²) in [6.45, 7) is 4.20. The van der Waals surface area contributed by atoms with Gasteiger partial charge in [0, 0.05) is 113 Å². The summed E-state index contributed by atoms with van der Waals surface area (Å²) >= 11 is 0. The van der Waals surface area contributed by atoms with Crippen LogP contribution in [0.25, 0.3) is 0 Å². The van der Waals surface area contributed by atoms with Crippen molar-refractivity contribution in [3.05, 3.63) is 28.8 Å². The first-order valence-electron chi connectivity index (χ1n) is 4.61. The van der Waals surface area contributed by atoms with Gasteiger partial charge in [0.05, 0.1) is 7.11 Å². The van der Waals surface area contributed by atoms with Crippen LogP contribution in [0.15, 0.2) is 12.1 Å². The first-order valence-corrected chi connectivity index (χ1v) is 10.0. The predicted octanol–water partition coefficient (Wildman–Crippen LogP) is 3.93. The van der Waals surface area contributed by atoms with E-state index in [0.29, 0.717) is 0 Å². The van der Waals surface area contributed by atoms with Crippen LogP contribution in [0.3, 0.4) is 0 Å². The smallest absolute Gasteiger partial charge is 0.122 e. The van der Waals surface area contributed by atoms with Crippen molar-refractivity contribution in [1.82, 2.24) is 0 Å². The first kappa shape index (κ1) is 30.4. The van der Waals surface area contributed by atoms with E-state index < -0.39 is 0 Å². The first-order chi connectivity index (χ1) is 7.10. The molecule has 0 fully saturated rings. The molecule has 1 aromatic carbocycles. The van der Waals surface area contributed by atoms with Gasteiger partial charge in [0.1, 0.15) is 5.75 Å². The van der Waals surface area contributed by atoms with Crippen LogP contribution in [0.5, 0.6) is 5.75 Å². The Labute approximate surface area is 210 Å². The van der Waals surface area contributed by atoms with Crippen LogP contribution in [0.4, 0.5) is 0 Å². The molecule has 0 aliphatic heterocycles. The van der Waals surface area contributed by atoms with E-state index in [0.717, 1.165) is 19.9 Å². The Balaban J connectivity index is -0.000000149. The molecule has 0 saturated carbocycles. The average Bonchev–Trinajstić information content (AvgIpc) is 2.23. The normalized spacial score (nSPS) is 7.67. The van der Waals surface area contributed by atoms with Crippen LogP contribution >= 0.6 is 35.1 Å². The van der Waals surface area contributed by atoms with Gasteiger partial charge in [-0.3, -0.25) is 0 Å². The number of benzene rings is 1. The number of ether oxygens (including phenoxy) is 1. The van der Waals surface area contributed by atoms with Crippen molar-refractivity contribution in [2.45, 2.75) is 20.0 Å². The molecule has 1 nitrogen and oxygen atoms in total. The Hall–Kier alpha value is 4.52. The number of aryl methyl sites for hydroxylation is 1. The Morgan fingerprint density at radius 2 is 1.56 bits per heavy atom. The van der Waals surface area contributed by atoms with E-state index in [1.54, 1.807) is 7.11 Å². The fourth-order valence-electron chi connectivity index (χ4n) is 1.23. The molecule has 0 saturated heterocycles. The van der Waals surface area contributed by atoms with Crippen molar-refractivity contribution in [3.63, 3.8) is 0 Å². The summed E-state index contributed by atoms with van der Waals surface area (Å²) in [4.78, 5) is 0. The fourth-order valence-corrected chi connectivity index (χ4v) is 1.46. The van der Waals surface area contributed by atoms with E-state index in [2.05, 4.69) is 53.1 Å². The van der Waals surface area contributed by atoms with E-state index in [4.69, 9.17) is 4.74 Å². The van der Waals surface area contributed by atoms with E-state index in [1.807, 2.05) is 0 Å². The summed E-state index contributed by atoms with van der Waals surface area (Å²) in [5.41, 5.74) is 3.84. The van der Waals surface area contributed by atoms with Crippen LogP contribution in [0.1, 0.15) is 16.7 Å². The maximum Gasteiger partial charge on any atom is 0.122 e. The molecule has 0 amide bonds. The molecule has 110 valence electrons. The van der Waals surface area contributed by atoms with Crippen LogP contribution in [-0.2, 0) is 6.16 Å². The molecule has 0 heterocycles. The van der Waals surface area contributed by atoms with Crippen LogP contribution in [0, 0.1) is 127 Å². The zero-order valence-corrected chi connectivity index (χ0v) is 17.1. The number of methoxy groups -OCH3 is 1. The van der Waals surface area contributed by atoms with Gasteiger partial charge in [0.2, 0.25) is 0 Å². The number of hydrogen-bond donors (Lipinski definition) is 0. The summed E-state index contributed by atoms with van der Waals surface area (Å²) < 4.78 is 5.26. The monoisotopic (exact) mass is 400 g/mol. The molecule has 0 bridgehead atoms. The largest absolute Gasteiger partial charge is 0.496 e. The Kier molecular flexibility index (Phi) is 33.1. The van der Waals surface area contributed by atoms with Gasteiger partial charge in [-0.2, -0.15) is 0 Å². The molecule has 0 aliphatic carbocycles. The molecular weight excluding hydrogens is 380 g/mol. The number of hydrogen-bond acceptors (Lipinski definition) is 1. The molecular formula is C10H20Ar3OP4. The molecule has 18 heavy (non-hydrogen) atoms. The molecule has 0 aliphatic rings. The summed E-state index contributed by atoms with van der Waals surface area (Å²) in [5, 5.41) is 0. The zero-order chi connectivity index (χ0) is 11.8. The second-order valence-corrected chi connectivity index (χ2v) is 7.85. The quantitative estimate of drug-likeness (QED) is 0.684. The second kappa shape index (κ2) is 19.6. The van der Waals surface area contributed by atoms with Gasteiger partial charge in [-0.25, -0.2) is 0 Å². The van der Waals surface area contributed by atoms with Gasteiger partial charge in [-0.05, 0) is 42.8 Å². The number of rotatable bonds is 2. The van der Waals surface area contributed by atoms with Gasteiger partial charge < -0.3 is 4.74 Å². The summed E-state index contributed by atoms with van der Waals surface area (Å²) in [6, 6.07) is 4.29. The van der Waals surface area contributed by atoms with Gasteiger partial charge in [-0.1, -0.05) is 14.0 Å². The molecule has 0 aromatic heterocycles. The maximum atomic E-state index is 5.26. The third-order valence-electron chi connectivity index (χ3n) is 2.14. The van der Waals surface area contributed by atoms with Crippen molar-refractivity contribution in [3.8, 4) is 5.75 Å². The topological polar surface area (TPSA) is 9.23 Å². The van der Waals surface area contributed by atoms with E-state index in [9.17, 15) is 0 Å². The van der Waals surface area contributed by atoms with Gasteiger partial charge in [-0.15, -0.1) is 27.1 Å². The van der Waals surface area contributed by atoms with Crippen molar-refractivity contribution in [2.24, 2.45) is 0 Å². The summed E-state index contributed by atoms with van der Waals surface area (Å²) in [7, 11) is 10.5. The molecule has 0 spiro atoms. The van der Waals surface area contributed by atoms with Crippen LogP contribution in [-0.4, -0.2) is 7.11 Å². The van der Waals surface area contributed by atoms with Crippen LogP contribution in [0.2, 0.25) is 0 Å². The minimum atomic E-state index is 0. The molecule has 1 aromatic rings. The third kappa shape index (κ3) is 13.0. The van der Waals surface area contributed by atoms with Crippen molar-refractivity contribution >= 4 is 35.1 Å². The fraction of sp³-hybridized carbons (Fsp3) is 0.400.